The van der Waals surface area contributed by atoms with Crippen LogP contribution in [0.4, 0.5) is 4.39 Å². The topological polar surface area (TPSA) is 48.6 Å². The van der Waals surface area contributed by atoms with Crippen LogP contribution >= 0.6 is 0 Å². The van der Waals surface area contributed by atoms with E-state index in [0.717, 1.165) is 50.0 Å². The molecule has 40 heavy (non-hydrogen) atoms. The second kappa shape index (κ2) is 16.0. The Hall–Kier alpha value is -3.38. The Kier molecular flexibility index (Phi) is 13.1. The summed E-state index contributed by atoms with van der Waals surface area (Å²) in [6.07, 6.45) is 8.62. The number of aromatic amines is 1. The number of fused-ring (bicyclic) bond motifs is 4. The maximum absolute atomic E-state index is 13.8. The van der Waals surface area contributed by atoms with Crippen LogP contribution in [0.25, 0.3) is 10.9 Å². The fraction of sp³-hybridized carbons (Fsp3) is 0.441. The summed E-state index contributed by atoms with van der Waals surface area (Å²) in [7, 11) is 5.98. The third-order valence-corrected chi connectivity index (χ3v) is 7.60. The van der Waals surface area contributed by atoms with Gasteiger partial charge < -0.3 is 19.5 Å². The van der Waals surface area contributed by atoms with Gasteiger partial charge in [-0.25, -0.2) is 4.39 Å². The van der Waals surface area contributed by atoms with E-state index in [4.69, 9.17) is 4.74 Å². The number of H-pyrrole nitrogens is 1. The highest BCUT2D eigenvalue weighted by Gasteiger charge is 2.49. The number of ether oxygens (including phenoxy) is 1. The third kappa shape index (κ3) is 7.22. The first-order chi connectivity index (χ1) is 19.4. The highest BCUT2D eigenvalue weighted by atomic mass is 19.1. The molecule has 1 aliphatic heterocycles. The summed E-state index contributed by atoms with van der Waals surface area (Å²) < 4.78 is 15.8. The van der Waals surface area contributed by atoms with Crippen LogP contribution in [0, 0.1) is 0 Å². The van der Waals surface area contributed by atoms with Gasteiger partial charge in [0.15, 0.2) is 0 Å². The van der Waals surface area contributed by atoms with E-state index < -0.39 is 0 Å². The Morgan fingerprint density at radius 3 is 2.20 bits per heavy atom. The van der Waals surface area contributed by atoms with Gasteiger partial charge in [0.1, 0.15) is 5.75 Å². The number of aromatic nitrogens is 1. The minimum atomic E-state index is -0.268. The molecule has 218 valence electrons. The van der Waals surface area contributed by atoms with E-state index in [1.165, 1.54) is 28.2 Å². The first-order valence-corrected chi connectivity index (χ1v) is 14.4. The van der Waals surface area contributed by atoms with Crippen LogP contribution in [0.5, 0.6) is 5.75 Å². The average molecular weight is 550 g/mol. The van der Waals surface area contributed by atoms with E-state index in [0.29, 0.717) is 12.4 Å². The normalized spacial score (nSPS) is 19.5. The molecular formula is C34H48FN3O2. The van der Waals surface area contributed by atoms with Crippen LogP contribution in [0.3, 0.4) is 0 Å². The lowest BCUT2D eigenvalue weighted by molar-refractivity contribution is 0.0140. The molecule has 1 aliphatic carbocycles. The van der Waals surface area contributed by atoms with Crippen molar-refractivity contribution < 1.29 is 13.9 Å². The van der Waals surface area contributed by atoms with Crippen molar-refractivity contribution in [1.29, 1.82) is 0 Å². The number of nitrogens with zero attached hydrogens (tertiary/aromatic N) is 2. The van der Waals surface area contributed by atoms with Gasteiger partial charge >= 0.3 is 0 Å². The average Bonchev–Trinajstić information content (AvgIpc) is 3.39. The molecule has 0 radical (unpaired) electrons. The molecule has 0 unspecified atom stereocenters. The van der Waals surface area contributed by atoms with Crippen molar-refractivity contribution in [3.05, 3.63) is 90.4 Å². The second-order valence-corrected chi connectivity index (χ2v) is 10.1. The lowest BCUT2D eigenvalue weighted by Gasteiger charge is -2.51. The molecular weight excluding hydrogens is 501 g/mol. The van der Waals surface area contributed by atoms with Gasteiger partial charge in [0.2, 0.25) is 0 Å². The minimum absolute atomic E-state index is 0.121. The number of rotatable bonds is 3. The lowest BCUT2D eigenvalue weighted by atomic mass is 9.72. The number of benzene rings is 2. The zero-order valence-corrected chi connectivity index (χ0v) is 25.5. The number of methoxy groups -OCH3 is 1. The van der Waals surface area contributed by atoms with Crippen LogP contribution in [0.2, 0.25) is 0 Å². The molecule has 1 aromatic heterocycles. The maximum atomic E-state index is 13.8. The Bertz CT molecular complexity index is 1220. The molecule has 2 heterocycles. The van der Waals surface area contributed by atoms with E-state index in [1.807, 2.05) is 45.0 Å². The number of allylic oxidation sites excluding steroid dienone is 2. The molecule has 2 aromatic carbocycles. The number of halogens is 1. The predicted octanol–water partition coefficient (Wildman–Crippen LogP) is 8.28. The van der Waals surface area contributed by atoms with Gasteiger partial charge in [0.25, 0.3) is 5.91 Å². The summed E-state index contributed by atoms with van der Waals surface area (Å²) in [6, 6.07) is 16.7. The zero-order valence-electron chi connectivity index (χ0n) is 25.5. The summed E-state index contributed by atoms with van der Waals surface area (Å²) >= 11 is 0. The molecule has 1 saturated carbocycles. The largest absolute Gasteiger partial charge is 0.497 e. The number of amides is 1. The van der Waals surface area contributed by atoms with Crippen molar-refractivity contribution in [1.82, 2.24) is 14.8 Å². The smallest absolute Gasteiger partial charge is 0.254 e. The molecule has 1 fully saturated rings. The summed E-state index contributed by atoms with van der Waals surface area (Å²) in [4.78, 5) is 22.0. The second-order valence-electron chi connectivity index (χ2n) is 10.1. The fourth-order valence-electron chi connectivity index (χ4n) is 5.73. The zero-order chi connectivity index (χ0) is 29.7. The molecule has 1 N–H and O–H groups in total. The first-order valence-electron chi connectivity index (χ1n) is 14.4. The van der Waals surface area contributed by atoms with Gasteiger partial charge in [-0.15, -0.1) is 6.58 Å². The Morgan fingerprint density at radius 1 is 1.10 bits per heavy atom. The summed E-state index contributed by atoms with van der Waals surface area (Å²) in [5.74, 6) is 0.893. The number of hydrogen-bond acceptors (Lipinski definition) is 3. The van der Waals surface area contributed by atoms with Gasteiger partial charge in [-0.2, -0.15) is 0 Å². The standard InChI is InChI=1S/C26H31N3O2.C3H5F.C3H6.C2H6/c1-28(2)19-12-15-26(16-13-19)24-22(21-6-4-5-7-23(21)27-24)14-17-29(26)25(30)18-8-10-20(31-3)11-9-18;1-2-3-4;1-3-2;1-2/h4-11,19,27H,12-17H2,1-3H3;2-3H,1H3;3H,1H2,2H3;1-2H3/b;3-2+;;. The quantitative estimate of drug-likeness (QED) is 0.334. The van der Waals surface area contributed by atoms with Crippen molar-refractivity contribution in [2.75, 3.05) is 27.7 Å². The maximum Gasteiger partial charge on any atom is 0.254 e. The molecule has 3 aromatic rings. The summed E-state index contributed by atoms with van der Waals surface area (Å²) in [5.41, 5.74) is 4.31. The van der Waals surface area contributed by atoms with Crippen molar-refractivity contribution >= 4 is 16.8 Å². The third-order valence-electron chi connectivity index (χ3n) is 7.60. The first kappa shape index (κ1) is 32.8. The van der Waals surface area contributed by atoms with Crippen molar-refractivity contribution in [2.24, 2.45) is 0 Å². The van der Waals surface area contributed by atoms with E-state index >= 15 is 0 Å². The molecule has 0 bridgehead atoms. The predicted molar refractivity (Wildman–Crippen MR) is 167 cm³/mol. The van der Waals surface area contributed by atoms with Crippen molar-refractivity contribution in [2.45, 2.75) is 71.4 Å². The Labute approximate surface area is 240 Å². The van der Waals surface area contributed by atoms with Crippen molar-refractivity contribution in [3.8, 4) is 5.75 Å². The molecule has 1 spiro atoms. The molecule has 0 saturated heterocycles. The van der Waals surface area contributed by atoms with Gasteiger partial charge in [0.05, 0.1) is 19.0 Å². The number of para-hydroxylation sites is 1. The van der Waals surface area contributed by atoms with E-state index in [2.05, 4.69) is 59.7 Å². The molecule has 5 rings (SSSR count). The van der Waals surface area contributed by atoms with Crippen LogP contribution in [0.1, 0.15) is 75.0 Å². The molecule has 1 amide bonds. The molecule has 2 aliphatic rings. The van der Waals surface area contributed by atoms with Crippen LogP contribution in [-0.2, 0) is 12.0 Å². The lowest BCUT2D eigenvalue weighted by Crippen LogP contribution is -2.56. The van der Waals surface area contributed by atoms with E-state index in [9.17, 15) is 9.18 Å². The summed E-state index contributed by atoms with van der Waals surface area (Å²) in [6.45, 7) is 11.6. The number of carbonyl (C=O) groups is 1. The fourth-order valence-corrected chi connectivity index (χ4v) is 5.73. The van der Waals surface area contributed by atoms with Crippen molar-refractivity contribution in [3.63, 3.8) is 0 Å². The molecule has 5 nitrogen and oxygen atoms in total. The van der Waals surface area contributed by atoms with E-state index in [-0.39, 0.29) is 11.4 Å². The Balaban J connectivity index is 0.000000554. The SMILES string of the molecule is C/C=C/F.C=CC.CC.COc1ccc(C(=O)N2CCc3c([nH]c4ccccc34)C23CCC(N(C)C)CC3)cc1. The van der Waals surface area contributed by atoms with Gasteiger partial charge in [-0.3, -0.25) is 4.79 Å². The van der Waals surface area contributed by atoms with Crippen LogP contribution in [-0.4, -0.2) is 54.5 Å². The Morgan fingerprint density at radius 2 is 1.68 bits per heavy atom. The van der Waals surface area contributed by atoms with Crippen LogP contribution in [0.15, 0.2) is 73.6 Å². The van der Waals surface area contributed by atoms with Gasteiger partial charge in [-0.1, -0.05) is 44.2 Å². The highest BCUT2D eigenvalue weighted by molar-refractivity contribution is 5.96. The van der Waals surface area contributed by atoms with Crippen LogP contribution < -0.4 is 4.74 Å². The number of carbonyl (C=O) groups excluding carboxylic acids is 1. The van der Waals surface area contributed by atoms with Gasteiger partial charge in [-0.05, 0) is 95.9 Å². The van der Waals surface area contributed by atoms with E-state index in [1.54, 1.807) is 20.1 Å². The van der Waals surface area contributed by atoms with Gasteiger partial charge in [0, 0.05) is 34.7 Å². The highest BCUT2D eigenvalue weighted by Crippen LogP contribution is 2.48. The molecule has 0 atom stereocenters. The monoisotopic (exact) mass is 549 g/mol. The number of hydrogen-bond donors (Lipinski definition) is 1. The summed E-state index contributed by atoms with van der Waals surface area (Å²) in [5, 5.41) is 1.31. The minimum Gasteiger partial charge on any atom is -0.497 e. The number of nitrogens with one attached hydrogen (secondary N) is 1. The molecule has 6 heteroatoms.